The molecule has 0 atom stereocenters. The van der Waals surface area contributed by atoms with Gasteiger partial charge in [-0.3, -0.25) is 4.98 Å². The first-order valence-electron chi connectivity index (χ1n) is 23.1. The van der Waals surface area contributed by atoms with Crippen LogP contribution in [0.4, 0.5) is 11.4 Å². The number of rotatable bonds is 7. The molecule has 0 unspecified atom stereocenters. The van der Waals surface area contributed by atoms with Crippen LogP contribution in [0.1, 0.15) is 16.7 Å². The van der Waals surface area contributed by atoms with Gasteiger partial charge < -0.3 is 9.13 Å². The Bertz CT molecular complexity index is 3970. The average Bonchev–Trinajstić information content (AvgIpc) is 3.95. The molecule has 0 fully saturated rings. The maximum absolute atomic E-state index is 11.9. The monoisotopic (exact) mass is 914 g/mol. The van der Waals surface area contributed by atoms with Crippen LogP contribution in [0.25, 0.3) is 120 Å². The first kappa shape index (κ1) is 42.5. The molecule has 0 spiro atoms. The molecular weight excluding hydrogens is 881 g/mol. The van der Waals surface area contributed by atoms with Crippen LogP contribution in [-0.4, -0.2) is 14.1 Å². The van der Waals surface area contributed by atoms with Gasteiger partial charge in [-0.2, -0.15) is 15.8 Å². The Kier molecular flexibility index (Phi) is 10.3. The van der Waals surface area contributed by atoms with Gasteiger partial charge in [-0.25, -0.2) is 9.69 Å². The minimum absolute atomic E-state index is 0.384. The molecule has 0 bridgehead atoms. The number of hydrogen-bond acceptors (Lipinski definition) is 4. The molecule has 3 aromatic heterocycles. The van der Waals surface area contributed by atoms with Crippen molar-refractivity contribution in [1.82, 2.24) is 14.1 Å². The highest BCUT2D eigenvalue weighted by atomic mass is 15.0. The van der Waals surface area contributed by atoms with Crippen molar-refractivity contribution < 1.29 is 0 Å². The topological polar surface area (TPSA) is 103 Å². The van der Waals surface area contributed by atoms with Gasteiger partial charge in [-0.05, 0) is 116 Å². The van der Waals surface area contributed by atoms with E-state index in [4.69, 9.17) is 13.1 Å². The van der Waals surface area contributed by atoms with E-state index in [9.17, 15) is 15.8 Å². The van der Waals surface area contributed by atoms with Crippen molar-refractivity contribution >= 4 is 55.0 Å². The molecule has 72 heavy (non-hydrogen) atoms. The highest BCUT2D eigenvalue weighted by Gasteiger charge is 2.25. The maximum Gasteiger partial charge on any atom is 0.194 e. The molecule has 8 nitrogen and oxygen atoms in total. The summed E-state index contributed by atoms with van der Waals surface area (Å²) in [6.07, 6.45) is 3.52. The first-order chi connectivity index (χ1) is 35.5. The maximum atomic E-state index is 11.9. The highest BCUT2D eigenvalue weighted by molar-refractivity contribution is 6.14. The Morgan fingerprint density at radius 3 is 1.10 bits per heavy atom. The lowest BCUT2D eigenvalue weighted by atomic mass is 9.98. The molecule has 8 heteroatoms. The summed E-state index contributed by atoms with van der Waals surface area (Å²) in [6.45, 7) is 16.1. The van der Waals surface area contributed by atoms with E-state index in [1.54, 1.807) is 12.4 Å². The van der Waals surface area contributed by atoms with Gasteiger partial charge in [0.05, 0.1) is 69.9 Å². The van der Waals surface area contributed by atoms with Crippen LogP contribution in [-0.2, 0) is 0 Å². The summed E-state index contributed by atoms with van der Waals surface area (Å²) in [4.78, 5) is 12.1. The molecule has 330 valence electrons. The van der Waals surface area contributed by atoms with Gasteiger partial charge in [0.15, 0.2) is 11.4 Å². The van der Waals surface area contributed by atoms with Crippen molar-refractivity contribution in [3.8, 4) is 85.2 Å². The lowest BCUT2D eigenvalue weighted by molar-refractivity contribution is 1.12. The number of fused-ring (bicyclic) bond motifs is 6. The smallest absolute Gasteiger partial charge is 0.194 e. The molecule has 3 heterocycles. The Morgan fingerprint density at radius 2 is 0.722 bits per heavy atom. The summed E-state index contributed by atoms with van der Waals surface area (Å²) in [5.41, 5.74) is 15.2. The second-order valence-corrected chi connectivity index (χ2v) is 17.4. The van der Waals surface area contributed by atoms with Crippen molar-refractivity contribution in [1.29, 1.82) is 15.8 Å². The summed E-state index contributed by atoms with van der Waals surface area (Å²) in [5.74, 6) is 0. The van der Waals surface area contributed by atoms with Gasteiger partial charge in [0.25, 0.3) is 0 Å². The highest BCUT2D eigenvalue weighted by Crippen LogP contribution is 2.45. The van der Waals surface area contributed by atoms with Crippen LogP contribution in [0.15, 0.2) is 207 Å². The van der Waals surface area contributed by atoms with Crippen molar-refractivity contribution in [2.75, 3.05) is 0 Å². The van der Waals surface area contributed by atoms with E-state index in [2.05, 4.69) is 103 Å². The summed E-state index contributed by atoms with van der Waals surface area (Å²) >= 11 is 0. The zero-order chi connectivity index (χ0) is 48.9. The SMILES string of the molecule is [C-]#[N+]c1ccccc1-c1ccc2c3ccc(-c4ccccc4C#N)cc3n(-c3cc(-c4ccncc4)cc(-n4c5cc(-c6ccccc6C#N)ccc5c5ccc(-c6ccccc6[N+]#[C-])cc54)c3C#N)c2c1. The lowest BCUT2D eigenvalue weighted by Gasteiger charge is -2.19. The van der Waals surface area contributed by atoms with E-state index >= 15 is 0 Å². The number of benzene rings is 9. The molecule has 12 aromatic rings. The van der Waals surface area contributed by atoms with Crippen LogP contribution in [0.2, 0.25) is 0 Å². The molecule has 0 aliphatic carbocycles. The molecule has 0 N–H and O–H groups in total. The number of hydrogen-bond donors (Lipinski definition) is 0. The first-order valence-corrected chi connectivity index (χ1v) is 23.1. The Morgan fingerprint density at radius 1 is 0.361 bits per heavy atom. The van der Waals surface area contributed by atoms with E-state index in [-0.39, 0.29) is 0 Å². The standard InChI is InChI=1S/C64H34N8/c1-68-57-17-9-7-15-50(57)43-21-25-54-52-23-19-41(48-13-5-3-11-45(48)37-65)31-59(52)71(61(54)33-43)63-35-47(40-27-29-70-30-28-40)36-64(56(63)39-67)72-60-32-42(49-14-6-4-12-46(49)38-66)20-24-53(60)55-26-22-44(34-62(55)72)51-16-8-10-18-58(51)69-2/h3-36H. The van der Waals surface area contributed by atoms with Crippen molar-refractivity contribution in [2.45, 2.75) is 0 Å². The fourth-order valence-electron chi connectivity index (χ4n) is 10.3. The second kappa shape index (κ2) is 17.4. The molecule has 12 rings (SSSR count). The lowest BCUT2D eigenvalue weighted by Crippen LogP contribution is -2.05. The van der Waals surface area contributed by atoms with E-state index in [0.717, 1.165) is 99.2 Å². The zero-order valence-corrected chi connectivity index (χ0v) is 38.2. The number of nitrogens with zero attached hydrogens (tertiary/aromatic N) is 8. The third-order valence-electron chi connectivity index (χ3n) is 13.6. The zero-order valence-electron chi connectivity index (χ0n) is 38.2. The van der Waals surface area contributed by atoms with Crippen LogP contribution in [0, 0.1) is 47.1 Å². The van der Waals surface area contributed by atoms with E-state index in [0.29, 0.717) is 39.4 Å². The number of pyridine rings is 1. The molecular formula is C64H34N8. The van der Waals surface area contributed by atoms with Crippen LogP contribution >= 0.6 is 0 Å². The van der Waals surface area contributed by atoms with Gasteiger partial charge in [-0.15, -0.1) is 0 Å². The Labute approximate surface area is 414 Å². The largest absolute Gasteiger partial charge is 0.308 e. The van der Waals surface area contributed by atoms with Crippen LogP contribution in [0.3, 0.4) is 0 Å². The second-order valence-electron chi connectivity index (χ2n) is 17.4. The average molecular weight is 915 g/mol. The third-order valence-corrected chi connectivity index (χ3v) is 13.6. The van der Waals surface area contributed by atoms with Crippen LogP contribution < -0.4 is 0 Å². The summed E-state index contributed by atoms with van der Waals surface area (Å²) < 4.78 is 4.31. The number of nitriles is 3. The van der Waals surface area contributed by atoms with Crippen LogP contribution in [0.5, 0.6) is 0 Å². The number of para-hydroxylation sites is 2. The Balaban J connectivity index is 1.24. The summed E-state index contributed by atoms with van der Waals surface area (Å²) in [7, 11) is 0. The fourth-order valence-corrected chi connectivity index (χ4v) is 10.3. The minimum atomic E-state index is 0.384. The molecule has 0 amide bonds. The minimum Gasteiger partial charge on any atom is -0.308 e. The third kappa shape index (κ3) is 6.84. The molecule has 9 aromatic carbocycles. The van der Waals surface area contributed by atoms with E-state index in [1.807, 2.05) is 133 Å². The molecule has 0 saturated carbocycles. The van der Waals surface area contributed by atoms with Gasteiger partial charge in [-0.1, -0.05) is 133 Å². The van der Waals surface area contributed by atoms with Gasteiger partial charge in [0, 0.05) is 33.9 Å². The van der Waals surface area contributed by atoms with Gasteiger partial charge >= 0.3 is 0 Å². The molecule has 0 saturated heterocycles. The van der Waals surface area contributed by atoms with E-state index < -0.39 is 0 Å². The van der Waals surface area contributed by atoms with Gasteiger partial charge in [0.1, 0.15) is 11.6 Å². The number of aromatic nitrogens is 3. The van der Waals surface area contributed by atoms with E-state index in [1.165, 1.54) is 0 Å². The van der Waals surface area contributed by atoms with Crippen molar-refractivity contribution in [2.24, 2.45) is 0 Å². The summed E-state index contributed by atoms with van der Waals surface area (Å²) in [5, 5.41) is 36.2. The van der Waals surface area contributed by atoms with Gasteiger partial charge in [0.2, 0.25) is 0 Å². The predicted octanol–water partition coefficient (Wildman–Crippen LogP) is 16.3. The van der Waals surface area contributed by atoms with Crippen molar-refractivity contribution in [3.05, 3.63) is 246 Å². The normalized spacial score (nSPS) is 11.0. The Hall–Kier alpha value is -10.8. The molecule has 0 aliphatic rings. The molecule has 0 aliphatic heterocycles. The molecule has 0 radical (unpaired) electrons. The summed E-state index contributed by atoms with van der Waals surface area (Å²) in [6, 6.07) is 70.7. The predicted molar refractivity (Wildman–Crippen MR) is 287 cm³/mol. The fraction of sp³-hybridized carbons (Fsp3) is 0. The quantitative estimate of drug-likeness (QED) is 0.149. The van der Waals surface area contributed by atoms with Crippen molar-refractivity contribution in [3.63, 3.8) is 0 Å².